The van der Waals surface area contributed by atoms with Gasteiger partial charge in [-0.25, -0.2) is 4.79 Å². The highest BCUT2D eigenvalue weighted by molar-refractivity contribution is 5.68. The molecular formula is C25H29N5O3. The smallest absolute Gasteiger partial charge is 0.407 e. The molecule has 2 aromatic carbocycles. The molecule has 0 saturated heterocycles. The number of nitrogens with one attached hydrogen (secondary N) is 3. The lowest BCUT2D eigenvalue weighted by atomic mass is 10.1. The molecule has 0 fully saturated rings. The first-order valence-corrected chi connectivity index (χ1v) is 10.7. The number of alkyl carbamates (subject to hydrolysis) is 1. The summed E-state index contributed by atoms with van der Waals surface area (Å²) in [6.45, 7) is 5.63. The summed E-state index contributed by atoms with van der Waals surface area (Å²) in [7, 11) is 1.52. The Bertz CT molecular complexity index is 1070. The molecule has 33 heavy (non-hydrogen) atoms. The Balaban J connectivity index is 2.05. The van der Waals surface area contributed by atoms with E-state index in [4.69, 9.17) is 20.0 Å². The van der Waals surface area contributed by atoms with E-state index in [1.165, 1.54) is 7.11 Å². The number of ether oxygens (including phenoxy) is 2. The molecule has 0 spiro atoms. The predicted molar refractivity (Wildman–Crippen MR) is 127 cm³/mol. The second-order valence-corrected chi connectivity index (χ2v) is 7.27. The van der Waals surface area contributed by atoms with Crippen LogP contribution in [0.25, 0.3) is 0 Å². The number of benzene rings is 2. The molecule has 0 heterocycles. The maximum absolute atomic E-state index is 12.2. The van der Waals surface area contributed by atoms with E-state index in [0.717, 1.165) is 22.8 Å². The average molecular weight is 448 g/mol. The topological polar surface area (TPSA) is 119 Å². The highest BCUT2D eigenvalue weighted by Gasteiger charge is 2.15. The summed E-state index contributed by atoms with van der Waals surface area (Å²) < 4.78 is 10.6. The summed E-state index contributed by atoms with van der Waals surface area (Å²) in [5, 5.41) is 27.3. The number of carbonyl (C=O) groups is 1. The minimum atomic E-state index is -0.548. The Morgan fingerprint density at radius 1 is 1.15 bits per heavy atom. The predicted octanol–water partition coefficient (Wildman–Crippen LogP) is 5.43. The molecule has 172 valence electrons. The highest BCUT2D eigenvalue weighted by Crippen LogP contribution is 2.24. The summed E-state index contributed by atoms with van der Waals surface area (Å²) in [5.74, 6) is 1.23. The fourth-order valence-corrected chi connectivity index (χ4v) is 3.05. The first-order valence-electron chi connectivity index (χ1n) is 10.7. The molecule has 0 saturated carbocycles. The van der Waals surface area contributed by atoms with E-state index in [9.17, 15) is 4.79 Å². The third kappa shape index (κ3) is 7.48. The number of nitriles is 2. The van der Waals surface area contributed by atoms with Crippen LogP contribution >= 0.6 is 0 Å². The van der Waals surface area contributed by atoms with Crippen molar-refractivity contribution in [1.29, 1.82) is 10.5 Å². The second-order valence-electron chi connectivity index (χ2n) is 7.27. The van der Waals surface area contributed by atoms with Gasteiger partial charge in [0.15, 0.2) is 0 Å². The number of hydrogen-bond acceptors (Lipinski definition) is 7. The van der Waals surface area contributed by atoms with Crippen LogP contribution in [0.2, 0.25) is 0 Å². The normalized spacial score (nSPS) is 12.5. The van der Waals surface area contributed by atoms with Crippen LogP contribution in [0, 0.1) is 22.7 Å². The van der Waals surface area contributed by atoms with Crippen molar-refractivity contribution in [3.05, 3.63) is 65.5 Å². The first-order chi connectivity index (χ1) is 15.9. The Labute approximate surface area is 194 Å². The number of anilines is 2. The van der Waals surface area contributed by atoms with Crippen molar-refractivity contribution in [2.45, 2.75) is 45.8 Å². The Morgan fingerprint density at radius 2 is 1.88 bits per heavy atom. The Hall–Kier alpha value is -4.17. The first kappa shape index (κ1) is 25.1. The van der Waals surface area contributed by atoms with Crippen molar-refractivity contribution in [3.63, 3.8) is 0 Å². The molecule has 0 unspecified atom stereocenters. The van der Waals surface area contributed by atoms with E-state index in [1.807, 2.05) is 57.2 Å². The van der Waals surface area contributed by atoms with Gasteiger partial charge in [-0.3, -0.25) is 0 Å². The van der Waals surface area contributed by atoms with E-state index in [2.05, 4.69) is 22.0 Å². The van der Waals surface area contributed by atoms with Crippen LogP contribution in [-0.2, 0) is 4.74 Å². The molecule has 8 heteroatoms. The zero-order valence-electron chi connectivity index (χ0n) is 19.3. The van der Waals surface area contributed by atoms with E-state index in [1.54, 1.807) is 18.2 Å². The van der Waals surface area contributed by atoms with Crippen LogP contribution in [0.15, 0.2) is 54.4 Å². The van der Waals surface area contributed by atoms with Crippen molar-refractivity contribution in [3.8, 4) is 17.9 Å². The van der Waals surface area contributed by atoms with Crippen molar-refractivity contribution < 1.29 is 14.3 Å². The quantitative estimate of drug-likeness (QED) is 0.444. The lowest BCUT2D eigenvalue weighted by molar-refractivity contribution is 0.0950. The van der Waals surface area contributed by atoms with Crippen molar-refractivity contribution >= 4 is 17.5 Å². The zero-order valence-corrected chi connectivity index (χ0v) is 19.3. The van der Waals surface area contributed by atoms with Gasteiger partial charge >= 0.3 is 6.09 Å². The standard InChI is InChI=1S/C25H29N5O3/c1-5-22(12-13-26)33-25(31)28-17(3)18-8-7-9-20(14-18)29-24(6-2)30-21-11-10-19(16-27)23(15-21)32-4/h6-11,14-15,17,22,29-30H,5,12H2,1-4H3,(H,28,31)/b24-6+/t17-,22+/m0/s1. The molecule has 0 bridgehead atoms. The number of rotatable bonds is 10. The van der Waals surface area contributed by atoms with Gasteiger partial charge < -0.3 is 25.4 Å². The molecule has 0 aliphatic carbocycles. The number of allylic oxidation sites excluding steroid dienone is 1. The zero-order chi connectivity index (χ0) is 24.2. The molecule has 2 aromatic rings. The molecule has 0 aliphatic heterocycles. The average Bonchev–Trinajstić information content (AvgIpc) is 2.83. The van der Waals surface area contributed by atoms with Crippen LogP contribution < -0.4 is 20.7 Å². The van der Waals surface area contributed by atoms with Gasteiger partial charge in [-0.05, 0) is 56.2 Å². The molecule has 2 atom stereocenters. The number of nitrogens with zero attached hydrogens (tertiary/aromatic N) is 2. The lowest BCUT2D eigenvalue weighted by Gasteiger charge is -2.19. The van der Waals surface area contributed by atoms with Gasteiger partial charge in [0.05, 0.1) is 31.2 Å². The number of hydrogen-bond donors (Lipinski definition) is 3. The van der Waals surface area contributed by atoms with Gasteiger partial charge in [0.2, 0.25) is 0 Å². The van der Waals surface area contributed by atoms with E-state index in [0.29, 0.717) is 17.7 Å². The maximum Gasteiger partial charge on any atom is 0.407 e. The van der Waals surface area contributed by atoms with Gasteiger partial charge in [0.1, 0.15) is 23.7 Å². The molecule has 2 rings (SSSR count). The van der Waals surface area contributed by atoms with Gasteiger partial charge in [0.25, 0.3) is 0 Å². The summed E-state index contributed by atoms with van der Waals surface area (Å²) >= 11 is 0. The minimum Gasteiger partial charge on any atom is -0.495 e. The van der Waals surface area contributed by atoms with Crippen LogP contribution in [0.4, 0.5) is 16.2 Å². The number of amides is 1. The molecule has 8 nitrogen and oxygen atoms in total. The molecule has 3 N–H and O–H groups in total. The monoisotopic (exact) mass is 447 g/mol. The van der Waals surface area contributed by atoms with Gasteiger partial charge in [-0.15, -0.1) is 0 Å². The molecule has 0 aromatic heterocycles. The molecule has 0 aliphatic rings. The minimum absolute atomic E-state index is 0.169. The third-order valence-electron chi connectivity index (χ3n) is 4.94. The van der Waals surface area contributed by atoms with Crippen LogP contribution in [0.3, 0.4) is 0 Å². The number of methoxy groups -OCH3 is 1. The van der Waals surface area contributed by atoms with Crippen molar-refractivity contribution in [2.24, 2.45) is 0 Å². The summed E-state index contributed by atoms with van der Waals surface area (Å²) in [5.41, 5.74) is 2.94. The highest BCUT2D eigenvalue weighted by atomic mass is 16.6. The maximum atomic E-state index is 12.2. The molecular weight excluding hydrogens is 418 g/mol. The summed E-state index contributed by atoms with van der Waals surface area (Å²) in [6.07, 6.45) is 1.67. The van der Waals surface area contributed by atoms with E-state index < -0.39 is 12.2 Å². The molecule has 1 amide bonds. The van der Waals surface area contributed by atoms with E-state index in [-0.39, 0.29) is 12.5 Å². The largest absolute Gasteiger partial charge is 0.495 e. The van der Waals surface area contributed by atoms with E-state index >= 15 is 0 Å². The van der Waals surface area contributed by atoms with Crippen LogP contribution in [-0.4, -0.2) is 19.3 Å². The fourth-order valence-electron chi connectivity index (χ4n) is 3.05. The lowest BCUT2D eigenvalue weighted by Crippen LogP contribution is -2.30. The van der Waals surface area contributed by atoms with Gasteiger partial charge in [-0.2, -0.15) is 10.5 Å². The number of carbonyl (C=O) groups excluding carboxylic acids is 1. The third-order valence-corrected chi connectivity index (χ3v) is 4.94. The van der Waals surface area contributed by atoms with Crippen molar-refractivity contribution in [2.75, 3.05) is 17.7 Å². The van der Waals surface area contributed by atoms with Crippen LogP contribution in [0.1, 0.15) is 50.8 Å². The second kappa shape index (κ2) is 12.6. The summed E-state index contributed by atoms with van der Waals surface area (Å²) in [4.78, 5) is 12.2. The Morgan fingerprint density at radius 3 is 2.48 bits per heavy atom. The van der Waals surface area contributed by atoms with Crippen LogP contribution in [0.5, 0.6) is 5.75 Å². The molecule has 0 radical (unpaired) electrons. The van der Waals surface area contributed by atoms with Gasteiger partial charge in [-0.1, -0.05) is 19.1 Å². The summed E-state index contributed by atoms with van der Waals surface area (Å²) in [6, 6.07) is 16.7. The fraction of sp³-hybridized carbons (Fsp3) is 0.320. The SMILES string of the molecule is C/C=C(\Nc1cccc([C@H](C)NC(=O)O[C@H](CC)CC#N)c1)Nc1ccc(C#N)c(OC)c1. The van der Waals surface area contributed by atoms with Gasteiger partial charge in [0, 0.05) is 17.4 Å². The van der Waals surface area contributed by atoms with Crippen molar-refractivity contribution in [1.82, 2.24) is 5.32 Å². The Kier molecular flexibility index (Phi) is 9.60.